The van der Waals surface area contributed by atoms with Crippen LogP contribution in [0.4, 0.5) is 0 Å². The molecule has 2 aliphatic rings. The first-order valence-corrected chi connectivity index (χ1v) is 4.19. The fourth-order valence-corrected chi connectivity index (χ4v) is 2.30. The van der Waals surface area contributed by atoms with Crippen LogP contribution in [0, 0.1) is 11.8 Å². The van der Waals surface area contributed by atoms with Crippen LogP contribution in [0.1, 0.15) is 25.7 Å². The molecule has 0 aromatic heterocycles. The van der Waals surface area contributed by atoms with Crippen LogP contribution in [0.5, 0.6) is 0 Å². The molecule has 1 nitrogen and oxygen atoms in total. The van der Waals surface area contributed by atoms with Crippen LogP contribution in [0.2, 0.25) is 0 Å². The van der Waals surface area contributed by atoms with Crippen LogP contribution < -0.4 is 0 Å². The lowest BCUT2D eigenvalue weighted by atomic mass is 9.86. The lowest BCUT2D eigenvalue weighted by Crippen LogP contribution is -2.08. The maximum absolute atomic E-state index is 9.33. The molecule has 0 aliphatic heterocycles. The zero-order valence-electron chi connectivity index (χ0n) is 6.16. The minimum atomic E-state index is 0.00917. The van der Waals surface area contributed by atoms with E-state index in [0.717, 1.165) is 24.7 Å². The van der Waals surface area contributed by atoms with Gasteiger partial charge in [0.15, 0.2) is 0 Å². The zero-order valence-corrected chi connectivity index (χ0v) is 6.16. The number of fused-ring (bicyclic) bond motifs is 1. The van der Waals surface area contributed by atoms with E-state index in [1.54, 1.807) is 0 Å². The van der Waals surface area contributed by atoms with Gasteiger partial charge >= 0.3 is 0 Å². The lowest BCUT2D eigenvalue weighted by Gasteiger charge is -2.19. The van der Waals surface area contributed by atoms with Crippen molar-refractivity contribution in [2.24, 2.45) is 11.8 Å². The zero-order chi connectivity index (χ0) is 6.97. The van der Waals surface area contributed by atoms with Gasteiger partial charge in [-0.2, -0.15) is 0 Å². The van der Waals surface area contributed by atoms with Gasteiger partial charge in [0.2, 0.25) is 0 Å². The van der Waals surface area contributed by atoms with Crippen molar-refractivity contribution in [2.75, 3.05) is 0 Å². The summed E-state index contributed by atoms with van der Waals surface area (Å²) in [5.41, 5.74) is 0. The Hall–Kier alpha value is -0.300. The molecule has 1 fully saturated rings. The number of hydrogen-bond acceptors (Lipinski definition) is 1. The summed E-state index contributed by atoms with van der Waals surface area (Å²) >= 11 is 0. The number of allylic oxidation sites excluding steroid dienone is 2. The van der Waals surface area contributed by atoms with Crippen molar-refractivity contribution in [3.63, 3.8) is 0 Å². The topological polar surface area (TPSA) is 20.2 Å². The van der Waals surface area contributed by atoms with Crippen molar-refractivity contribution < 1.29 is 5.11 Å². The standard InChI is InChI=1S/C9H14O/c10-9-5-7-3-1-2-4-8(7)6-9/h1-2,7-10H,3-6H2/t7-,8+,9?. The molecule has 10 heavy (non-hydrogen) atoms. The maximum Gasteiger partial charge on any atom is 0.0546 e. The van der Waals surface area contributed by atoms with Gasteiger partial charge in [0.1, 0.15) is 0 Å². The third-order valence-electron chi connectivity index (χ3n) is 2.86. The summed E-state index contributed by atoms with van der Waals surface area (Å²) in [5.74, 6) is 1.61. The predicted molar refractivity (Wildman–Crippen MR) is 40.6 cm³/mol. The molecule has 0 aromatic carbocycles. The lowest BCUT2D eigenvalue weighted by molar-refractivity contribution is 0.175. The van der Waals surface area contributed by atoms with E-state index in [2.05, 4.69) is 12.2 Å². The first-order valence-electron chi connectivity index (χ1n) is 4.19. The molecule has 0 radical (unpaired) electrons. The van der Waals surface area contributed by atoms with E-state index in [9.17, 15) is 5.11 Å². The average molecular weight is 138 g/mol. The Kier molecular flexibility index (Phi) is 1.53. The van der Waals surface area contributed by atoms with E-state index < -0.39 is 0 Å². The normalized spacial score (nSPS) is 45.5. The van der Waals surface area contributed by atoms with E-state index in [-0.39, 0.29) is 6.10 Å². The van der Waals surface area contributed by atoms with Gasteiger partial charge in [-0.05, 0) is 37.5 Å². The van der Waals surface area contributed by atoms with Crippen molar-refractivity contribution in [3.05, 3.63) is 12.2 Å². The number of rotatable bonds is 0. The quantitative estimate of drug-likeness (QED) is 0.505. The molecule has 2 rings (SSSR count). The molecule has 56 valence electrons. The SMILES string of the molecule is OC1C[C@H]2CC=CC[C@H]2C1. The molecule has 0 heterocycles. The minimum Gasteiger partial charge on any atom is -0.393 e. The summed E-state index contributed by atoms with van der Waals surface area (Å²) in [4.78, 5) is 0. The number of aliphatic hydroxyl groups is 1. The Morgan fingerprint density at radius 2 is 1.50 bits per heavy atom. The van der Waals surface area contributed by atoms with Gasteiger partial charge in [-0.3, -0.25) is 0 Å². The molecule has 1 heteroatoms. The second-order valence-corrected chi connectivity index (χ2v) is 3.59. The second kappa shape index (κ2) is 2.39. The molecule has 1 saturated carbocycles. The molecular formula is C9H14O. The van der Waals surface area contributed by atoms with E-state index in [0.29, 0.717) is 0 Å². The first kappa shape index (κ1) is 6.41. The van der Waals surface area contributed by atoms with Gasteiger partial charge in [0.25, 0.3) is 0 Å². The Morgan fingerprint density at radius 3 is 2.00 bits per heavy atom. The van der Waals surface area contributed by atoms with Crippen molar-refractivity contribution >= 4 is 0 Å². The monoisotopic (exact) mass is 138 g/mol. The Bertz CT molecular complexity index is 135. The highest BCUT2D eigenvalue weighted by atomic mass is 16.3. The van der Waals surface area contributed by atoms with Gasteiger partial charge in [-0.1, -0.05) is 12.2 Å². The number of hydrogen-bond donors (Lipinski definition) is 1. The largest absolute Gasteiger partial charge is 0.393 e. The van der Waals surface area contributed by atoms with Gasteiger partial charge in [0.05, 0.1) is 6.10 Å². The van der Waals surface area contributed by atoms with Crippen molar-refractivity contribution in [1.29, 1.82) is 0 Å². The molecular weight excluding hydrogens is 124 g/mol. The third kappa shape index (κ3) is 0.988. The Balaban J connectivity index is 2.05. The summed E-state index contributed by atoms with van der Waals surface area (Å²) in [6.07, 6.45) is 9.06. The Morgan fingerprint density at radius 1 is 1.00 bits per heavy atom. The fourth-order valence-electron chi connectivity index (χ4n) is 2.30. The number of aliphatic hydroxyl groups excluding tert-OH is 1. The molecule has 1 N–H and O–H groups in total. The summed E-state index contributed by atoms with van der Waals surface area (Å²) in [6, 6.07) is 0. The van der Waals surface area contributed by atoms with E-state index in [1.807, 2.05) is 0 Å². The van der Waals surface area contributed by atoms with Crippen LogP contribution >= 0.6 is 0 Å². The van der Waals surface area contributed by atoms with Crippen LogP contribution in [-0.2, 0) is 0 Å². The first-order chi connectivity index (χ1) is 4.86. The van der Waals surface area contributed by atoms with E-state index in [1.165, 1.54) is 12.8 Å². The van der Waals surface area contributed by atoms with Gasteiger partial charge in [0, 0.05) is 0 Å². The van der Waals surface area contributed by atoms with Crippen LogP contribution in [-0.4, -0.2) is 11.2 Å². The van der Waals surface area contributed by atoms with E-state index >= 15 is 0 Å². The molecule has 3 atom stereocenters. The average Bonchev–Trinajstić information content (AvgIpc) is 2.27. The van der Waals surface area contributed by atoms with Crippen LogP contribution in [0.25, 0.3) is 0 Å². The molecule has 0 bridgehead atoms. The molecule has 0 spiro atoms. The van der Waals surface area contributed by atoms with Crippen molar-refractivity contribution in [3.8, 4) is 0 Å². The highest BCUT2D eigenvalue weighted by molar-refractivity contribution is 4.98. The van der Waals surface area contributed by atoms with E-state index in [4.69, 9.17) is 0 Å². The Labute approximate surface area is 61.8 Å². The summed E-state index contributed by atoms with van der Waals surface area (Å²) in [7, 11) is 0. The smallest absolute Gasteiger partial charge is 0.0546 e. The summed E-state index contributed by atoms with van der Waals surface area (Å²) < 4.78 is 0. The molecule has 0 amide bonds. The van der Waals surface area contributed by atoms with Crippen molar-refractivity contribution in [2.45, 2.75) is 31.8 Å². The van der Waals surface area contributed by atoms with Gasteiger partial charge in [-0.15, -0.1) is 0 Å². The highest BCUT2D eigenvalue weighted by Crippen LogP contribution is 2.39. The minimum absolute atomic E-state index is 0.00917. The maximum atomic E-state index is 9.33. The van der Waals surface area contributed by atoms with Gasteiger partial charge < -0.3 is 5.11 Å². The predicted octanol–water partition coefficient (Wildman–Crippen LogP) is 1.72. The van der Waals surface area contributed by atoms with Crippen LogP contribution in [0.3, 0.4) is 0 Å². The summed E-state index contributed by atoms with van der Waals surface area (Å²) in [6.45, 7) is 0. The summed E-state index contributed by atoms with van der Waals surface area (Å²) in [5, 5.41) is 9.33. The molecule has 2 aliphatic carbocycles. The molecule has 0 saturated heterocycles. The fraction of sp³-hybridized carbons (Fsp3) is 0.778. The molecule has 0 aromatic rings. The van der Waals surface area contributed by atoms with Crippen LogP contribution in [0.15, 0.2) is 12.2 Å². The second-order valence-electron chi connectivity index (χ2n) is 3.59. The van der Waals surface area contributed by atoms with Crippen molar-refractivity contribution in [1.82, 2.24) is 0 Å². The molecule has 1 unspecified atom stereocenters. The van der Waals surface area contributed by atoms with Gasteiger partial charge in [-0.25, -0.2) is 0 Å². The highest BCUT2D eigenvalue weighted by Gasteiger charge is 2.32. The third-order valence-corrected chi connectivity index (χ3v) is 2.86.